The third kappa shape index (κ3) is 3.89. The number of fused-ring (bicyclic) bond motifs is 1. The van der Waals surface area contributed by atoms with Crippen molar-refractivity contribution in [3.63, 3.8) is 0 Å². The zero-order chi connectivity index (χ0) is 21.3. The van der Waals surface area contributed by atoms with E-state index < -0.39 is 10.0 Å². The van der Waals surface area contributed by atoms with Crippen LogP contribution >= 0.6 is 0 Å². The number of ether oxygens (including phenoxy) is 1. The highest BCUT2D eigenvalue weighted by atomic mass is 32.2. The monoisotopic (exact) mass is 422 g/mol. The average Bonchev–Trinajstić information content (AvgIpc) is 3.17. The summed E-state index contributed by atoms with van der Waals surface area (Å²) in [5.74, 6) is 0.480. The van der Waals surface area contributed by atoms with Gasteiger partial charge >= 0.3 is 0 Å². The first-order valence-corrected chi connectivity index (χ1v) is 11.0. The number of amides is 1. The molecule has 1 N–H and O–H groups in total. The van der Waals surface area contributed by atoms with Gasteiger partial charge in [0, 0.05) is 23.9 Å². The van der Waals surface area contributed by atoms with Gasteiger partial charge in [-0.25, -0.2) is 8.42 Å². The summed E-state index contributed by atoms with van der Waals surface area (Å²) in [6.45, 7) is 2.50. The van der Waals surface area contributed by atoms with E-state index in [2.05, 4.69) is 4.72 Å². The molecule has 3 aromatic carbocycles. The number of nitrogens with zero attached hydrogens (tertiary/aromatic N) is 1. The molecule has 30 heavy (non-hydrogen) atoms. The molecule has 0 atom stereocenters. The van der Waals surface area contributed by atoms with Crippen LogP contribution in [0.5, 0.6) is 5.75 Å². The minimum absolute atomic E-state index is 0.0844. The van der Waals surface area contributed by atoms with Gasteiger partial charge in [0.1, 0.15) is 5.75 Å². The minimum Gasteiger partial charge on any atom is -0.497 e. The number of benzene rings is 3. The predicted molar refractivity (Wildman–Crippen MR) is 117 cm³/mol. The van der Waals surface area contributed by atoms with Crippen LogP contribution in [0.1, 0.15) is 21.5 Å². The second kappa shape index (κ2) is 7.84. The molecule has 3 aromatic rings. The molecule has 0 saturated carbocycles. The summed E-state index contributed by atoms with van der Waals surface area (Å²) in [5, 5.41) is 0. The van der Waals surface area contributed by atoms with Gasteiger partial charge in [0.25, 0.3) is 15.9 Å². The Morgan fingerprint density at radius 1 is 1.03 bits per heavy atom. The van der Waals surface area contributed by atoms with Gasteiger partial charge in [0.15, 0.2) is 0 Å². The number of nitrogens with one attached hydrogen (secondary N) is 1. The zero-order valence-corrected chi connectivity index (χ0v) is 17.6. The molecule has 0 unspecified atom stereocenters. The van der Waals surface area contributed by atoms with Gasteiger partial charge < -0.3 is 9.64 Å². The van der Waals surface area contributed by atoms with Crippen molar-refractivity contribution in [3.8, 4) is 5.75 Å². The Labute approximate surface area is 176 Å². The van der Waals surface area contributed by atoms with E-state index in [1.165, 1.54) is 13.2 Å². The predicted octanol–water partition coefficient (Wildman–Crippen LogP) is 4.01. The Balaban J connectivity index is 1.58. The summed E-state index contributed by atoms with van der Waals surface area (Å²) >= 11 is 0. The lowest BCUT2D eigenvalue weighted by atomic mass is 10.1. The van der Waals surface area contributed by atoms with Crippen LogP contribution in [0.15, 0.2) is 71.6 Å². The van der Waals surface area contributed by atoms with E-state index in [-0.39, 0.29) is 10.8 Å². The minimum atomic E-state index is -3.76. The second-order valence-corrected chi connectivity index (χ2v) is 8.88. The van der Waals surface area contributed by atoms with Crippen LogP contribution in [0.3, 0.4) is 0 Å². The van der Waals surface area contributed by atoms with E-state index in [1.54, 1.807) is 41.3 Å². The average molecular weight is 423 g/mol. The molecular weight excluding hydrogens is 400 g/mol. The van der Waals surface area contributed by atoms with Crippen molar-refractivity contribution < 1.29 is 17.9 Å². The highest BCUT2D eigenvalue weighted by Gasteiger charge is 2.27. The molecule has 6 nitrogen and oxygen atoms in total. The maximum atomic E-state index is 12.9. The Hall–Kier alpha value is -3.32. The fraction of sp³-hybridized carbons (Fsp3) is 0.174. The van der Waals surface area contributed by atoms with Crippen LogP contribution in [0.25, 0.3) is 0 Å². The molecule has 0 saturated heterocycles. The fourth-order valence-corrected chi connectivity index (χ4v) is 4.61. The fourth-order valence-electron chi connectivity index (χ4n) is 3.51. The lowest BCUT2D eigenvalue weighted by Crippen LogP contribution is -2.28. The summed E-state index contributed by atoms with van der Waals surface area (Å²) < 4.78 is 33.4. The van der Waals surface area contributed by atoms with Gasteiger partial charge in [-0.15, -0.1) is 0 Å². The van der Waals surface area contributed by atoms with Gasteiger partial charge in [-0.05, 0) is 61.4 Å². The quantitative estimate of drug-likeness (QED) is 0.674. The number of aryl methyl sites for hydroxylation is 1. The molecule has 1 aliphatic heterocycles. The molecular formula is C23H22N2O4S. The SMILES string of the molecule is COc1cccc(NS(=O)(=O)c2ccc3c(c2)CCN3C(=O)c2ccc(C)cc2)c1. The number of rotatable bonds is 5. The van der Waals surface area contributed by atoms with Crippen molar-refractivity contribution in [1.29, 1.82) is 0 Å². The van der Waals surface area contributed by atoms with E-state index in [1.807, 2.05) is 31.2 Å². The molecule has 4 rings (SSSR count). The number of hydrogen-bond donors (Lipinski definition) is 1. The van der Waals surface area contributed by atoms with Gasteiger partial charge in [-0.1, -0.05) is 23.8 Å². The molecule has 1 heterocycles. The summed E-state index contributed by atoms with van der Waals surface area (Å²) in [5.41, 5.74) is 3.72. The highest BCUT2D eigenvalue weighted by molar-refractivity contribution is 7.92. The maximum absolute atomic E-state index is 12.9. The van der Waals surface area contributed by atoms with Crippen molar-refractivity contribution in [1.82, 2.24) is 0 Å². The normalized spacial score (nSPS) is 13.1. The van der Waals surface area contributed by atoms with Crippen LogP contribution < -0.4 is 14.4 Å². The van der Waals surface area contributed by atoms with Crippen molar-refractivity contribution >= 4 is 27.3 Å². The molecule has 0 fully saturated rings. The molecule has 7 heteroatoms. The lowest BCUT2D eigenvalue weighted by Gasteiger charge is -2.18. The van der Waals surface area contributed by atoms with E-state index in [4.69, 9.17) is 4.74 Å². The van der Waals surface area contributed by atoms with Crippen LogP contribution in [-0.2, 0) is 16.4 Å². The molecule has 1 aliphatic rings. The van der Waals surface area contributed by atoms with E-state index in [0.717, 1.165) is 16.8 Å². The summed E-state index contributed by atoms with van der Waals surface area (Å²) in [6, 6.07) is 19.0. The van der Waals surface area contributed by atoms with E-state index in [9.17, 15) is 13.2 Å². The number of carbonyl (C=O) groups is 1. The maximum Gasteiger partial charge on any atom is 0.261 e. The number of sulfonamides is 1. The molecule has 0 aromatic heterocycles. The standard InChI is InChI=1S/C23H22N2O4S/c1-16-6-8-17(9-7-16)23(26)25-13-12-18-14-21(10-11-22(18)25)30(27,28)24-19-4-3-5-20(15-19)29-2/h3-11,14-15,24H,12-13H2,1-2H3. The lowest BCUT2D eigenvalue weighted by molar-refractivity contribution is 0.0989. The number of anilines is 2. The largest absolute Gasteiger partial charge is 0.497 e. The summed E-state index contributed by atoms with van der Waals surface area (Å²) in [4.78, 5) is 14.7. The van der Waals surface area contributed by atoms with Crippen LogP contribution in [0.2, 0.25) is 0 Å². The molecule has 0 bridgehead atoms. The molecule has 154 valence electrons. The summed E-state index contributed by atoms with van der Waals surface area (Å²) in [6.07, 6.45) is 0.607. The van der Waals surface area contributed by atoms with E-state index in [0.29, 0.717) is 30.0 Å². The number of carbonyl (C=O) groups excluding carboxylic acids is 1. The Bertz CT molecular complexity index is 1200. The highest BCUT2D eigenvalue weighted by Crippen LogP contribution is 2.32. The van der Waals surface area contributed by atoms with Crippen molar-refractivity contribution in [3.05, 3.63) is 83.4 Å². The Morgan fingerprint density at radius 2 is 1.80 bits per heavy atom. The van der Waals surface area contributed by atoms with Gasteiger partial charge in [-0.2, -0.15) is 0 Å². The first-order valence-electron chi connectivity index (χ1n) is 9.56. The molecule has 0 aliphatic carbocycles. The van der Waals surface area contributed by atoms with Gasteiger partial charge in [0.2, 0.25) is 0 Å². The second-order valence-electron chi connectivity index (χ2n) is 7.20. The smallest absolute Gasteiger partial charge is 0.261 e. The third-order valence-electron chi connectivity index (χ3n) is 5.12. The molecule has 0 radical (unpaired) electrons. The van der Waals surface area contributed by atoms with Gasteiger partial charge in [-0.3, -0.25) is 9.52 Å². The third-order valence-corrected chi connectivity index (χ3v) is 6.50. The van der Waals surface area contributed by atoms with Crippen molar-refractivity contribution in [2.75, 3.05) is 23.3 Å². The van der Waals surface area contributed by atoms with Gasteiger partial charge in [0.05, 0.1) is 17.7 Å². The topological polar surface area (TPSA) is 75.7 Å². The first kappa shape index (κ1) is 20.0. The Kier molecular flexibility index (Phi) is 5.22. The number of methoxy groups -OCH3 is 1. The van der Waals surface area contributed by atoms with Crippen molar-refractivity contribution in [2.24, 2.45) is 0 Å². The van der Waals surface area contributed by atoms with Crippen LogP contribution in [-0.4, -0.2) is 28.0 Å². The first-order chi connectivity index (χ1) is 14.4. The van der Waals surface area contributed by atoms with Crippen molar-refractivity contribution in [2.45, 2.75) is 18.2 Å². The van der Waals surface area contributed by atoms with Crippen LogP contribution in [0, 0.1) is 6.92 Å². The molecule has 0 spiro atoms. The Morgan fingerprint density at radius 3 is 2.53 bits per heavy atom. The van der Waals surface area contributed by atoms with Crippen LogP contribution in [0.4, 0.5) is 11.4 Å². The number of hydrogen-bond acceptors (Lipinski definition) is 4. The van der Waals surface area contributed by atoms with E-state index >= 15 is 0 Å². The summed E-state index contributed by atoms with van der Waals surface area (Å²) in [7, 11) is -2.24. The zero-order valence-electron chi connectivity index (χ0n) is 16.8. The molecule has 1 amide bonds.